The molecule has 0 spiro atoms. The molecule has 1 aromatic heterocycles. The summed E-state index contributed by atoms with van der Waals surface area (Å²) in [6.07, 6.45) is 1.06. The molecule has 0 fully saturated rings. The number of aliphatic hydroxyl groups excluding tert-OH is 1. The Labute approximate surface area is 108 Å². The molecule has 0 saturated heterocycles. The van der Waals surface area contributed by atoms with Crippen molar-refractivity contribution in [3.8, 4) is 0 Å². The number of likely N-dealkylation sites (N-methyl/N-ethyl adjacent to an activating group) is 1. The van der Waals surface area contributed by atoms with Gasteiger partial charge in [-0.2, -0.15) is 0 Å². The van der Waals surface area contributed by atoms with Gasteiger partial charge in [-0.3, -0.25) is 0 Å². The van der Waals surface area contributed by atoms with Crippen LogP contribution in [0.5, 0.6) is 0 Å². The van der Waals surface area contributed by atoms with Crippen LogP contribution in [0.3, 0.4) is 0 Å². The monoisotopic (exact) mass is 256 g/mol. The molecule has 6 heteroatoms. The van der Waals surface area contributed by atoms with E-state index in [4.69, 9.17) is 4.42 Å². The molecule has 0 aliphatic rings. The van der Waals surface area contributed by atoms with E-state index in [0.717, 1.165) is 13.0 Å². The minimum atomic E-state index is -0.427. The Bertz CT molecular complexity index is 365. The van der Waals surface area contributed by atoms with Crippen molar-refractivity contribution in [2.45, 2.75) is 45.7 Å². The van der Waals surface area contributed by atoms with E-state index in [2.05, 4.69) is 22.4 Å². The molecule has 1 atom stereocenters. The van der Waals surface area contributed by atoms with Gasteiger partial charge in [-0.1, -0.05) is 12.0 Å². The number of hydrogen-bond donors (Lipinski definition) is 2. The lowest BCUT2D eigenvalue weighted by Crippen LogP contribution is -2.44. The van der Waals surface area contributed by atoms with Crippen molar-refractivity contribution in [1.29, 1.82) is 0 Å². The Morgan fingerprint density at radius 2 is 2.11 bits per heavy atom. The summed E-state index contributed by atoms with van der Waals surface area (Å²) in [4.78, 5) is 1.79. The minimum absolute atomic E-state index is 0.0187. The zero-order valence-electron chi connectivity index (χ0n) is 11.9. The second-order valence-electron chi connectivity index (χ2n) is 5.13. The van der Waals surface area contributed by atoms with Gasteiger partial charge in [-0.15, -0.1) is 5.10 Å². The summed E-state index contributed by atoms with van der Waals surface area (Å²) in [6.45, 7) is 8.85. The molecule has 2 N–H and O–H groups in total. The molecule has 0 amide bonds. The Kier molecular flexibility index (Phi) is 5.10. The lowest BCUT2D eigenvalue weighted by molar-refractivity contribution is 0.210. The first-order valence-electron chi connectivity index (χ1n) is 6.34. The van der Waals surface area contributed by atoms with Gasteiger partial charge in [0, 0.05) is 7.05 Å². The topological polar surface area (TPSA) is 74.4 Å². The van der Waals surface area contributed by atoms with Gasteiger partial charge in [-0.05, 0) is 33.7 Å². The van der Waals surface area contributed by atoms with E-state index in [0.29, 0.717) is 11.9 Å². The van der Waals surface area contributed by atoms with Crippen LogP contribution in [0, 0.1) is 0 Å². The van der Waals surface area contributed by atoms with Crippen LogP contribution in [0.4, 0.5) is 6.01 Å². The summed E-state index contributed by atoms with van der Waals surface area (Å²) in [6, 6.07) is 0.464. The van der Waals surface area contributed by atoms with Crippen LogP contribution in [-0.4, -0.2) is 41.0 Å². The van der Waals surface area contributed by atoms with E-state index in [1.54, 1.807) is 4.90 Å². The molecule has 0 aromatic carbocycles. The van der Waals surface area contributed by atoms with Crippen molar-refractivity contribution in [3.63, 3.8) is 0 Å². The normalized spacial score (nSPS) is 13.7. The quantitative estimate of drug-likeness (QED) is 0.767. The lowest BCUT2D eigenvalue weighted by Gasteiger charge is -2.32. The molecule has 0 aliphatic carbocycles. The fourth-order valence-corrected chi connectivity index (χ4v) is 1.35. The Morgan fingerprint density at radius 3 is 2.67 bits per heavy atom. The van der Waals surface area contributed by atoms with E-state index in [1.807, 2.05) is 27.8 Å². The van der Waals surface area contributed by atoms with Crippen LogP contribution in [-0.2, 0) is 0 Å². The number of aromatic nitrogens is 2. The molecule has 6 nitrogen and oxygen atoms in total. The molecule has 1 rings (SSSR count). The number of anilines is 1. The Hall–Kier alpha value is -1.14. The molecule has 1 unspecified atom stereocenters. The first kappa shape index (κ1) is 14.9. The van der Waals surface area contributed by atoms with E-state index < -0.39 is 5.54 Å². The Morgan fingerprint density at radius 1 is 1.44 bits per heavy atom. The number of aliphatic hydroxyl groups is 1. The van der Waals surface area contributed by atoms with Crippen molar-refractivity contribution < 1.29 is 9.52 Å². The summed E-state index contributed by atoms with van der Waals surface area (Å²) in [5.41, 5.74) is -0.427. The van der Waals surface area contributed by atoms with Crippen LogP contribution < -0.4 is 10.2 Å². The van der Waals surface area contributed by atoms with E-state index in [1.165, 1.54) is 0 Å². The maximum absolute atomic E-state index is 9.31. The second-order valence-corrected chi connectivity index (χ2v) is 5.13. The van der Waals surface area contributed by atoms with E-state index in [9.17, 15) is 5.11 Å². The van der Waals surface area contributed by atoms with Gasteiger partial charge in [0.2, 0.25) is 5.89 Å². The standard InChI is InChI=1S/C12H24N4O2/c1-6-7-13-9(2)10-14-15-11(18-10)16(5)12(3,4)8-17/h9,13,17H,6-8H2,1-5H3. The third-order valence-electron chi connectivity index (χ3n) is 3.08. The van der Waals surface area contributed by atoms with Crippen molar-refractivity contribution in [2.24, 2.45) is 0 Å². The van der Waals surface area contributed by atoms with Gasteiger partial charge in [0.1, 0.15) is 0 Å². The van der Waals surface area contributed by atoms with Crippen molar-refractivity contribution in [2.75, 3.05) is 25.1 Å². The fourth-order valence-electron chi connectivity index (χ4n) is 1.35. The number of nitrogens with one attached hydrogen (secondary N) is 1. The minimum Gasteiger partial charge on any atom is -0.406 e. The zero-order chi connectivity index (χ0) is 13.8. The second kappa shape index (κ2) is 6.15. The predicted molar refractivity (Wildman–Crippen MR) is 70.6 cm³/mol. The van der Waals surface area contributed by atoms with Crippen LogP contribution in [0.25, 0.3) is 0 Å². The average molecular weight is 256 g/mol. The smallest absolute Gasteiger partial charge is 0.318 e. The van der Waals surface area contributed by atoms with E-state index in [-0.39, 0.29) is 12.6 Å². The highest BCUT2D eigenvalue weighted by atomic mass is 16.4. The summed E-state index contributed by atoms with van der Waals surface area (Å²) < 4.78 is 5.62. The fraction of sp³-hybridized carbons (Fsp3) is 0.833. The summed E-state index contributed by atoms with van der Waals surface area (Å²) >= 11 is 0. The molecule has 0 saturated carbocycles. The van der Waals surface area contributed by atoms with Crippen LogP contribution in [0.15, 0.2) is 4.42 Å². The number of hydrogen-bond acceptors (Lipinski definition) is 6. The highest BCUT2D eigenvalue weighted by molar-refractivity contribution is 5.28. The number of nitrogens with zero attached hydrogens (tertiary/aromatic N) is 3. The van der Waals surface area contributed by atoms with Crippen molar-refractivity contribution in [1.82, 2.24) is 15.5 Å². The van der Waals surface area contributed by atoms with Crippen LogP contribution in [0.2, 0.25) is 0 Å². The highest BCUT2D eigenvalue weighted by Gasteiger charge is 2.27. The third-order valence-corrected chi connectivity index (χ3v) is 3.08. The molecule has 0 aliphatic heterocycles. The lowest BCUT2D eigenvalue weighted by atomic mass is 10.1. The zero-order valence-corrected chi connectivity index (χ0v) is 11.9. The van der Waals surface area contributed by atoms with Gasteiger partial charge in [0.25, 0.3) is 0 Å². The maximum Gasteiger partial charge on any atom is 0.318 e. The molecule has 104 valence electrons. The third kappa shape index (κ3) is 3.43. The predicted octanol–water partition coefficient (Wildman–Crippen LogP) is 1.34. The van der Waals surface area contributed by atoms with Gasteiger partial charge in [0.05, 0.1) is 18.2 Å². The van der Waals surface area contributed by atoms with E-state index >= 15 is 0 Å². The van der Waals surface area contributed by atoms with Crippen LogP contribution >= 0.6 is 0 Å². The SMILES string of the molecule is CCCNC(C)c1nnc(N(C)C(C)(C)CO)o1. The first-order valence-corrected chi connectivity index (χ1v) is 6.34. The van der Waals surface area contributed by atoms with Gasteiger partial charge >= 0.3 is 6.01 Å². The average Bonchev–Trinajstić information content (AvgIpc) is 2.84. The van der Waals surface area contributed by atoms with Gasteiger partial charge in [-0.25, -0.2) is 0 Å². The first-order chi connectivity index (χ1) is 8.42. The summed E-state index contributed by atoms with van der Waals surface area (Å²) in [5, 5.41) is 20.7. The molecule has 18 heavy (non-hydrogen) atoms. The highest BCUT2D eigenvalue weighted by Crippen LogP contribution is 2.22. The molecule has 0 radical (unpaired) electrons. The van der Waals surface area contributed by atoms with Crippen molar-refractivity contribution >= 4 is 6.01 Å². The van der Waals surface area contributed by atoms with Gasteiger partial charge < -0.3 is 19.7 Å². The molecule has 1 aromatic rings. The van der Waals surface area contributed by atoms with Crippen molar-refractivity contribution in [3.05, 3.63) is 5.89 Å². The largest absolute Gasteiger partial charge is 0.406 e. The summed E-state index contributed by atoms with van der Waals surface area (Å²) in [5.74, 6) is 0.569. The van der Waals surface area contributed by atoms with Crippen LogP contribution in [0.1, 0.15) is 46.0 Å². The number of rotatable bonds is 7. The molecule has 0 bridgehead atoms. The van der Waals surface area contributed by atoms with Gasteiger partial charge in [0.15, 0.2) is 0 Å². The molecule has 1 heterocycles. The Balaban J connectivity index is 2.74. The molecular formula is C12H24N4O2. The molecular weight excluding hydrogens is 232 g/mol. The summed E-state index contributed by atoms with van der Waals surface area (Å²) in [7, 11) is 1.83. The maximum atomic E-state index is 9.31.